The van der Waals surface area contributed by atoms with Crippen LogP contribution in [0.4, 0.5) is 5.69 Å². The van der Waals surface area contributed by atoms with Gasteiger partial charge in [0.15, 0.2) is 0 Å². The summed E-state index contributed by atoms with van der Waals surface area (Å²) < 4.78 is 26.3. The first-order chi connectivity index (χ1) is 14.8. The molecule has 0 unspecified atom stereocenters. The van der Waals surface area contributed by atoms with Crippen LogP contribution in [0.5, 0.6) is 0 Å². The molecule has 0 radical (unpaired) electrons. The predicted octanol–water partition coefficient (Wildman–Crippen LogP) is 2.55. The number of likely N-dealkylation sites (tertiary alicyclic amines) is 1. The molecule has 8 nitrogen and oxygen atoms in total. The molecular formula is C22H28N4O4S. The maximum atomic E-state index is 13.4. The van der Waals surface area contributed by atoms with Crippen molar-refractivity contribution in [2.45, 2.75) is 52.0 Å². The van der Waals surface area contributed by atoms with Gasteiger partial charge in [0.2, 0.25) is 10.0 Å². The van der Waals surface area contributed by atoms with E-state index in [0.717, 1.165) is 19.3 Å². The summed E-state index contributed by atoms with van der Waals surface area (Å²) in [6.45, 7) is 4.73. The fourth-order valence-electron chi connectivity index (χ4n) is 4.54. The number of H-pyrrole nitrogens is 1. The smallest absolute Gasteiger partial charge is 0.254 e. The lowest BCUT2D eigenvalue weighted by atomic mass is 10.1. The van der Waals surface area contributed by atoms with E-state index >= 15 is 0 Å². The van der Waals surface area contributed by atoms with E-state index in [9.17, 15) is 18.0 Å². The summed E-state index contributed by atoms with van der Waals surface area (Å²) in [6, 6.07) is 6.51. The zero-order valence-corrected chi connectivity index (χ0v) is 18.7. The van der Waals surface area contributed by atoms with Crippen molar-refractivity contribution in [1.82, 2.24) is 14.9 Å². The second-order valence-corrected chi connectivity index (χ2v) is 10.2. The van der Waals surface area contributed by atoms with Gasteiger partial charge < -0.3 is 9.88 Å². The van der Waals surface area contributed by atoms with Crippen LogP contribution in [0.3, 0.4) is 0 Å². The van der Waals surface area contributed by atoms with Crippen molar-refractivity contribution >= 4 is 21.6 Å². The number of benzene rings is 1. The maximum Gasteiger partial charge on any atom is 0.254 e. The summed E-state index contributed by atoms with van der Waals surface area (Å²) in [7, 11) is -3.35. The van der Waals surface area contributed by atoms with Gasteiger partial charge in [0, 0.05) is 29.9 Å². The highest BCUT2D eigenvalue weighted by Crippen LogP contribution is 2.32. The largest absolute Gasteiger partial charge is 0.328 e. The topological polar surface area (TPSA) is 103 Å². The lowest BCUT2D eigenvalue weighted by Crippen LogP contribution is -2.38. The molecule has 1 aromatic heterocycles. The number of aromatic nitrogens is 2. The zero-order valence-electron chi connectivity index (χ0n) is 17.9. The van der Waals surface area contributed by atoms with Crippen LogP contribution in [-0.4, -0.2) is 48.0 Å². The molecule has 1 aromatic carbocycles. The third-order valence-corrected chi connectivity index (χ3v) is 8.02. The Morgan fingerprint density at radius 2 is 2.03 bits per heavy atom. The highest BCUT2D eigenvalue weighted by atomic mass is 32.2. The number of rotatable bonds is 4. The molecule has 2 saturated heterocycles. The quantitative estimate of drug-likeness (QED) is 0.781. The lowest BCUT2D eigenvalue weighted by Gasteiger charge is -2.29. The first-order valence-electron chi connectivity index (χ1n) is 10.8. The van der Waals surface area contributed by atoms with Crippen molar-refractivity contribution in [1.29, 1.82) is 0 Å². The number of carbonyl (C=O) groups excluding carboxylic acids is 1. The van der Waals surface area contributed by atoms with Gasteiger partial charge in [-0.15, -0.1) is 0 Å². The van der Waals surface area contributed by atoms with Crippen molar-refractivity contribution in [3.8, 4) is 0 Å². The van der Waals surface area contributed by atoms with Crippen molar-refractivity contribution < 1.29 is 13.2 Å². The summed E-state index contributed by atoms with van der Waals surface area (Å²) in [5.41, 5.74) is 2.17. The number of nitrogens with zero attached hydrogens (tertiary/aromatic N) is 3. The number of aromatic amines is 1. The van der Waals surface area contributed by atoms with Crippen molar-refractivity contribution in [3.63, 3.8) is 0 Å². The Morgan fingerprint density at radius 3 is 2.74 bits per heavy atom. The van der Waals surface area contributed by atoms with Crippen molar-refractivity contribution in [3.05, 3.63) is 57.3 Å². The fraction of sp³-hybridized carbons (Fsp3) is 0.500. The fourth-order valence-corrected chi connectivity index (χ4v) is 6.17. The average molecular weight is 445 g/mol. The second-order valence-electron chi connectivity index (χ2n) is 8.17. The van der Waals surface area contributed by atoms with Crippen LogP contribution in [-0.2, 0) is 16.4 Å². The number of hydrogen-bond donors (Lipinski definition) is 1. The van der Waals surface area contributed by atoms with Crippen LogP contribution in [0.2, 0.25) is 0 Å². The molecule has 3 heterocycles. The number of hydrogen-bond acceptors (Lipinski definition) is 5. The molecule has 0 saturated carbocycles. The van der Waals surface area contributed by atoms with E-state index < -0.39 is 10.0 Å². The van der Waals surface area contributed by atoms with Crippen LogP contribution in [0.15, 0.2) is 29.1 Å². The molecule has 4 rings (SSSR count). The van der Waals surface area contributed by atoms with Crippen LogP contribution in [0, 0.1) is 6.92 Å². The van der Waals surface area contributed by atoms with E-state index in [1.807, 2.05) is 13.8 Å². The SMILES string of the molecule is CCc1c(C)nc([C@H]2CCCN2C(=O)c2cccc(N3CCCCS3(=O)=O)c2)[nH]c1=O. The summed E-state index contributed by atoms with van der Waals surface area (Å²) in [5, 5.41) is 0. The van der Waals surface area contributed by atoms with E-state index in [2.05, 4.69) is 9.97 Å². The standard InChI is InChI=1S/C22H28N4O4S/c1-3-18-15(2)23-20(24-21(18)27)19-10-7-11-25(19)22(28)16-8-6-9-17(14-16)26-12-4-5-13-31(26,29)30/h6,8-9,14,19H,3-5,7,10-13H2,1-2H3,(H,23,24,27)/t19-/m1/s1. The molecule has 2 aliphatic heterocycles. The molecule has 166 valence electrons. The third kappa shape index (κ3) is 4.11. The van der Waals surface area contributed by atoms with Gasteiger partial charge in [0.25, 0.3) is 11.5 Å². The summed E-state index contributed by atoms with van der Waals surface area (Å²) in [6.07, 6.45) is 3.61. The second kappa shape index (κ2) is 8.45. The molecule has 2 aliphatic rings. The van der Waals surface area contributed by atoms with E-state index in [1.165, 1.54) is 4.31 Å². The van der Waals surface area contributed by atoms with Crippen molar-refractivity contribution in [2.24, 2.45) is 0 Å². The zero-order chi connectivity index (χ0) is 22.2. The van der Waals surface area contributed by atoms with Gasteiger partial charge in [-0.05, 0) is 57.2 Å². The van der Waals surface area contributed by atoms with Gasteiger partial charge in [-0.25, -0.2) is 13.4 Å². The van der Waals surface area contributed by atoms with Crippen LogP contribution in [0.25, 0.3) is 0 Å². The molecule has 2 fully saturated rings. The first kappa shape index (κ1) is 21.5. The number of amides is 1. The van der Waals surface area contributed by atoms with E-state index in [4.69, 9.17) is 0 Å². The monoisotopic (exact) mass is 444 g/mol. The molecular weight excluding hydrogens is 416 g/mol. The van der Waals surface area contributed by atoms with Gasteiger partial charge in [0.05, 0.1) is 17.5 Å². The molecule has 1 N–H and O–H groups in total. The first-order valence-corrected chi connectivity index (χ1v) is 12.4. The molecule has 31 heavy (non-hydrogen) atoms. The van der Waals surface area contributed by atoms with Crippen LogP contribution in [0.1, 0.15) is 66.1 Å². The molecule has 1 atom stereocenters. The molecule has 0 aliphatic carbocycles. The average Bonchev–Trinajstić information content (AvgIpc) is 3.22. The molecule has 1 amide bonds. The minimum atomic E-state index is -3.35. The highest BCUT2D eigenvalue weighted by Gasteiger charge is 2.33. The van der Waals surface area contributed by atoms with E-state index in [1.54, 1.807) is 29.2 Å². The number of carbonyl (C=O) groups is 1. The third-order valence-electron chi connectivity index (χ3n) is 6.15. The van der Waals surface area contributed by atoms with Crippen molar-refractivity contribution in [2.75, 3.05) is 23.1 Å². The Morgan fingerprint density at radius 1 is 1.23 bits per heavy atom. The minimum Gasteiger partial charge on any atom is -0.328 e. The van der Waals surface area contributed by atoms with E-state index in [0.29, 0.717) is 54.3 Å². The van der Waals surface area contributed by atoms with Gasteiger partial charge in [-0.3, -0.25) is 13.9 Å². The minimum absolute atomic E-state index is 0.130. The van der Waals surface area contributed by atoms with E-state index in [-0.39, 0.29) is 23.3 Å². The lowest BCUT2D eigenvalue weighted by molar-refractivity contribution is 0.0729. The Bertz CT molecular complexity index is 1160. The highest BCUT2D eigenvalue weighted by molar-refractivity contribution is 7.92. The van der Waals surface area contributed by atoms with Gasteiger partial charge in [-0.1, -0.05) is 13.0 Å². The Kier molecular flexibility index (Phi) is 5.88. The molecule has 0 spiro atoms. The number of nitrogens with one attached hydrogen (secondary N) is 1. The Hall–Kier alpha value is -2.68. The number of anilines is 1. The molecule has 0 bridgehead atoms. The Balaban J connectivity index is 1.63. The molecule has 9 heteroatoms. The van der Waals surface area contributed by atoms with Crippen LogP contribution < -0.4 is 9.86 Å². The normalized spacial score (nSPS) is 20.8. The molecule has 2 aromatic rings. The number of sulfonamides is 1. The predicted molar refractivity (Wildman–Crippen MR) is 119 cm³/mol. The summed E-state index contributed by atoms with van der Waals surface area (Å²) in [5.74, 6) is 0.463. The summed E-state index contributed by atoms with van der Waals surface area (Å²) >= 11 is 0. The number of aryl methyl sites for hydroxylation is 1. The van der Waals surface area contributed by atoms with Gasteiger partial charge in [-0.2, -0.15) is 0 Å². The van der Waals surface area contributed by atoms with Gasteiger partial charge >= 0.3 is 0 Å². The van der Waals surface area contributed by atoms with Gasteiger partial charge in [0.1, 0.15) is 5.82 Å². The van der Waals surface area contributed by atoms with Crippen LogP contribution >= 0.6 is 0 Å². The Labute approximate surface area is 182 Å². The maximum absolute atomic E-state index is 13.4. The summed E-state index contributed by atoms with van der Waals surface area (Å²) in [4.78, 5) is 35.0.